The predicted octanol–water partition coefficient (Wildman–Crippen LogP) is 4.56. The van der Waals surface area contributed by atoms with Gasteiger partial charge in [0.25, 0.3) is 11.6 Å². The number of anilines is 1. The van der Waals surface area contributed by atoms with Gasteiger partial charge in [-0.25, -0.2) is 0 Å². The normalized spacial score (nSPS) is 9.81. The van der Waals surface area contributed by atoms with E-state index in [4.69, 9.17) is 0 Å². The molecule has 0 saturated heterocycles. The van der Waals surface area contributed by atoms with Crippen LogP contribution < -0.4 is 5.32 Å². The minimum Gasteiger partial charge on any atom is -0.322 e. The van der Waals surface area contributed by atoms with E-state index in [0.717, 1.165) is 11.1 Å². The number of carbonyl (C=O) groups is 1. The van der Waals surface area contributed by atoms with Gasteiger partial charge in [-0.1, -0.05) is 42.2 Å². The molecule has 0 aromatic heterocycles. The van der Waals surface area contributed by atoms with Crippen molar-refractivity contribution in [1.82, 2.24) is 0 Å². The molecule has 0 aliphatic rings. The quantitative estimate of drug-likeness (QED) is 0.425. The molecule has 0 aliphatic heterocycles. The highest BCUT2D eigenvalue weighted by molar-refractivity contribution is 6.05. The molecular formula is C22H16N2O3. The van der Waals surface area contributed by atoms with Crippen molar-refractivity contribution in [2.24, 2.45) is 0 Å². The van der Waals surface area contributed by atoms with Gasteiger partial charge in [-0.2, -0.15) is 0 Å². The van der Waals surface area contributed by atoms with Crippen molar-refractivity contribution in [2.45, 2.75) is 6.92 Å². The van der Waals surface area contributed by atoms with Gasteiger partial charge in [0.1, 0.15) is 0 Å². The van der Waals surface area contributed by atoms with Gasteiger partial charge in [0.05, 0.1) is 4.92 Å². The highest BCUT2D eigenvalue weighted by Gasteiger charge is 2.17. The molecule has 1 amide bonds. The van der Waals surface area contributed by atoms with Crippen LogP contribution in [0.3, 0.4) is 0 Å². The third kappa shape index (κ3) is 4.39. The Bertz CT molecular complexity index is 1060. The molecule has 5 heteroatoms. The molecule has 0 unspecified atom stereocenters. The minimum atomic E-state index is -0.494. The fourth-order valence-corrected chi connectivity index (χ4v) is 2.61. The zero-order valence-electron chi connectivity index (χ0n) is 14.6. The molecule has 132 valence electrons. The van der Waals surface area contributed by atoms with E-state index in [1.165, 1.54) is 12.1 Å². The summed E-state index contributed by atoms with van der Waals surface area (Å²) in [7, 11) is 0. The van der Waals surface area contributed by atoms with Crippen molar-refractivity contribution in [3.05, 3.63) is 105 Å². The number of nitrogens with zero attached hydrogens (tertiary/aromatic N) is 1. The average molecular weight is 356 g/mol. The number of nitro groups is 1. The molecule has 0 fully saturated rings. The number of nitrogens with one attached hydrogen (secondary N) is 1. The Balaban J connectivity index is 1.81. The molecule has 0 aliphatic carbocycles. The van der Waals surface area contributed by atoms with Crippen molar-refractivity contribution in [3.63, 3.8) is 0 Å². The van der Waals surface area contributed by atoms with E-state index in [1.807, 2.05) is 36.4 Å². The Morgan fingerprint density at radius 1 is 0.926 bits per heavy atom. The summed E-state index contributed by atoms with van der Waals surface area (Å²) in [5, 5.41) is 13.8. The molecule has 3 aromatic carbocycles. The zero-order chi connectivity index (χ0) is 19.2. The summed E-state index contributed by atoms with van der Waals surface area (Å²) in [5.41, 5.74) is 2.76. The lowest BCUT2D eigenvalue weighted by atomic mass is 10.1. The second-order valence-electron chi connectivity index (χ2n) is 5.86. The monoisotopic (exact) mass is 356 g/mol. The van der Waals surface area contributed by atoms with Crippen molar-refractivity contribution < 1.29 is 9.72 Å². The van der Waals surface area contributed by atoms with Crippen LogP contribution in [0.5, 0.6) is 0 Å². The number of rotatable bonds is 3. The molecule has 5 nitrogen and oxygen atoms in total. The maximum absolute atomic E-state index is 12.5. The molecule has 3 rings (SSSR count). The van der Waals surface area contributed by atoms with Crippen LogP contribution in [0.4, 0.5) is 11.4 Å². The Kier molecular flexibility index (Phi) is 5.29. The van der Waals surface area contributed by atoms with E-state index in [0.29, 0.717) is 11.3 Å². The van der Waals surface area contributed by atoms with Crippen LogP contribution >= 0.6 is 0 Å². The molecule has 0 radical (unpaired) electrons. The fourth-order valence-electron chi connectivity index (χ4n) is 2.61. The van der Waals surface area contributed by atoms with E-state index >= 15 is 0 Å². The number of hydrogen-bond acceptors (Lipinski definition) is 3. The standard InChI is InChI=1S/C22H16N2O3/c1-16-20(11-6-12-21(16)24(26)27)22(25)23-19-10-5-9-18(15-19)14-13-17-7-3-2-4-8-17/h2-12,15H,1H3,(H,23,25). The number of carbonyl (C=O) groups excluding carboxylic acids is 1. The first-order valence-electron chi connectivity index (χ1n) is 8.27. The van der Waals surface area contributed by atoms with Crippen LogP contribution in [-0.4, -0.2) is 10.8 Å². The Labute approximate surface area is 156 Å². The highest BCUT2D eigenvalue weighted by Crippen LogP contribution is 2.22. The molecule has 3 aromatic rings. The molecule has 1 N–H and O–H groups in total. The lowest BCUT2D eigenvalue weighted by molar-refractivity contribution is -0.385. The minimum absolute atomic E-state index is 0.0786. The molecule has 0 spiro atoms. The first kappa shape index (κ1) is 17.9. The van der Waals surface area contributed by atoms with E-state index in [2.05, 4.69) is 17.2 Å². The number of amides is 1. The summed E-state index contributed by atoms with van der Waals surface area (Å²) in [6.45, 7) is 1.56. The van der Waals surface area contributed by atoms with Gasteiger partial charge in [0, 0.05) is 34.0 Å². The van der Waals surface area contributed by atoms with Gasteiger partial charge in [-0.05, 0) is 43.3 Å². The van der Waals surface area contributed by atoms with Gasteiger partial charge >= 0.3 is 0 Å². The summed E-state index contributed by atoms with van der Waals surface area (Å²) in [6.07, 6.45) is 0. The Hall–Kier alpha value is -3.91. The van der Waals surface area contributed by atoms with Crippen LogP contribution in [0.15, 0.2) is 72.8 Å². The predicted molar refractivity (Wildman–Crippen MR) is 105 cm³/mol. The topological polar surface area (TPSA) is 72.2 Å². The smallest absolute Gasteiger partial charge is 0.273 e. The molecule has 0 saturated carbocycles. The Morgan fingerprint density at radius 3 is 2.33 bits per heavy atom. The van der Waals surface area contributed by atoms with Crippen LogP contribution in [0, 0.1) is 28.9 Å². The second-order valence-corrected chi connectivity index (χ2v) is 5.86. The number of hydrogen-bond donors (Lipinski definition) is 1. The summed E-state index contributed by atoms with van der Waals surface area (Å²) >= 11 is 0. The van der Waals surface area contributed by atoms with Gasteiger partial charge < -0.3 is 5.32 Å². The largest absolute Gasteiger partial charge is 0.322 e. The van der Waals surface area contributed by atoms with Crippen LogP contribution in [0.2, 0.25) is 0 Å². The van der Waals surface area contributed by atoms with E-state index in [9.17, 15) is 14.9 Å². The average Bonchev–Trinajstić information content (AvgIpc) is 2.67. The highest BCUT2D eigenvalue weighted by atomic mass is 16.6. The molecule has 0 atom stereocenters. The number of benzene rings is 3. The third-order valence-electron chi connectivity index (χ3n) is 3.99. The van der Waals surface area contributed by atoms with Gasteiger partial charge in [0.2, 0.25) is 0 Å². The lowest BCUT2D eigenvalue weighted by Crippen LogP contribution is -2.14. The molecular weight excluding hydrogens is 340 g/mol. The maximum Gasteiger partial charge on any atom is 0.273 e. The summed E-state index contributed by atoms with van der Waals surface area (Å²) in [6, 6.07) is 21.2. The maximum atomic E-state index is 12.5. The fraction of sp³-hybridized carbons (Fsp3) is 0.0455. The summed E-state index contributed by atoms with van der Waals surface area (Å²) < 4.78 is 0. The second kappa shape index (κ2) is 7.98. The van der Waals surface area contributed by atoms with E-state index in [-0.39, 0.29) is 11.3 Å². The molecule has 0 bridgehead atoms. The van der Waals surface area contributed by atoms with Crippen molar-refractivity contribution in [1.29, 1.82) is 0 Å². The van der Waals surface area contributed by atoms with Crippen LogP contribution in [0.25, 0.3) is 0 Å². The summed E-state index contributed by atoms with van der Waals surface area (Å²) in [5.74, 6) is 5.72. The zero-order valence-corrected chi connectivity index (χ0v) is 14.6. The Morgan fingerprint density at radius 2 is 1.59 bits per heavy atom. The number of nitro benzene ring substituents is 1. The molecule has 0 heterocycles. The van der Waals surface area contributed by atoms with Gasteiger partial charge in [-0.3, -0.25) is 14.9 Å². The van der Waals surface area contributed by atoms with E-state index < -0.39 is 10.8 Å². The first-order valence-corrected chi connectivity index (χ1v) is 8.27. The molecule has 27 heavy (non-hydrogen) atoms. The van der Waals surface area contributed by atoms with Crippen molar-refractivity contribution in [3.8, 4) is 11.8 Å². The van der Waals surface area contributed by atoms with Crippen molar-refractivity contribution in [2.75, 3.05) is 5.32 Å². The third-order valence-corrected chi connectivity index (χ3v) is 3.99. The van der Waals surface area contributed by atoms with Gasteiger partial charge in [0.15, 0.2) is 0 Å². The SMILES string of the molecule is Cc1c(C(=O)Nc2cccc(C#Cc3ccccc3)c2)cccc1[N+](=O)[O-]. The van der Waals surface area contributed by atoms with Gasteiger partial charge in [-0.15, -0.1) is 0 Å². The van der Waals surface area contributed by atoms with Crippen LogP contribution in [0.1, 0.15) is 27.0 Å². The lowest BCUT2D eigenvalue weighted by Gasteiger charge is -2.08. The van der Waals surface area contributed by atoms with E-state index in [1.54, 1.807) is 31.2 Å². The van der Waals surface area contributed by atoms with Crippen molar-refractivity contribution >= 4 is 17.3 Å². The summed E-state index contributed by atoms with van der Waals surface area (Å²) in [4.78, 5) is 23.1. The first-order chi connectivity index (χ1) is 13.0. The van der Waals surface area contributed by atoms with Crippen LogP contribution in [-0.2, 0) is 0 Å².